The molecular weight excluding hydrogens is 357 g/mol. The summed E-state index contributed by atoms with van der Waals surface area (Å²) in [6, 6.07) is 4.26. The molecule has 0 amide bonds. The average molecular weight is 366 g/mol. The maximum Gasteiger partial charge on any atom is 0.345 e. The first-order valence-corrected chi connectivity index (χ1v) is 8.63. The number of benzene rings is 1. The molecule has 0 atom stereocenters. The third-order valence-electron chi connectivity index (χ3n) is 2.62. The van der Waals surface area contributed by atoms with Crippen LogP contribution in [0.15, 0.2) is 28.5 Å². The van der Waals surface area contributed by atoms with Crippen LogP contribution in [0.25, 0.3) is 0 Å². The smallest absolute Gasteiger partial charge is 0.345 e. The maximum absolute atomic E-state index is 12.2. The summed E-state index contributed by atoms with van der Waals surface area (Å²) in [6.07, 6.45) is 0. The molecule has 9 heteroatoms. The lowest BCUT2D eigenvalue weighted by Crippen LogP contribution is -2.13. The second kappa shape index (κ2) is 5.84. The molecule has 5 nitrogen and oxygen atoms in total. The van der Waals surface area contributed by atoms with E-state index in [-0.39, 0.29) is 25.5 Å². The lowest BCUT2D eigenvalue weighted by atomic mass is 10.2. The number of hydrogen-bond donors (Lipinski definition) is 2. The number of carbonyl (C=O) groups is 1. The van der Waals surface area contributed by atoms with E-state index in [4.69, 9.17) is 28.3 Å². The summed E-state index contributed by atoms with van der Waals surface area (Å²) in [5.41, 5.74) is 0.733. The Bertz CT molecular complexity index is 815. The Labute approximate surface area is 135 Å². The fourth-order valence-electron chi connectivity index (χ4n) is 1.52. The van der Waals surface area contributed by atoms with Gasteiger partial charge in [-0.25, -0.2) is 13.2 Å². The van der Waals surface area contributed by atoms with Crippen LogP contribution < -0.4 is 4.72 Å². The first-order valence-electron chi connectivity index (χ1n) is 5.51. The highest BCUT2D eigenvalue weighted by molar-refractivity contribution is 7.92. The first-order chi connectivity index (χ1) is 9.72. The van der Waals surface area contributed by atoms with E-state index in [1.165, 1.54) is 11.4 Å². The van der Waals surface area contributed by atoms with Crippen molar-refractivity contribution in [3.05, 3.63) is 44.1 Å². The van der Waals surface area contributed by atoms with Gasteiger partial charge < -0.3 is 5.11 Å². The Kier molecular flexibility index (Phi) is 4.48. The lowest BCUT2D eigenvalue weighted by Gasteiger charge is -2.11. The van der Waals surface area contributed by atoms with Crippen molar-refractivity contribution in [1.29, 1.82) is 0 Å². The Balaban J connectivity index is 2.42. The predicted molar refractivity (Wildman–Crippen MR) is 83.3 cm³/mol. The summed E-state index contributed by atoms with van der Waals surface area (Å²) in [4.78, 5) is 10.6. The molecule has 1 heterocycles. The number of anilines is 1. The summed E-state index contributed by atoms with van der Waals surface area (Å²) in [5.74, 6) is -1.19. The minimum absolute atomic E-state index is 0.0707. The van der Waals surface area contributed by atoms with Gasteiger partial charge in [0, 0.05) is 5.38 Å². The lowest BCUT2D eigenvalue weighted by molar-refractivity contribution is 0.0702. The zero-order chi connectivity index (χ0) is 15.8. The largest absolute Gasteiger partial charge is 0.477 e. The van der Waals surface area contributed by atoms with E-state index in [1.54, 1.807) is 13.0 Å². The molecule has 0 aliphatic carbocycles. The van der Waals surface area contributed by atoms with E-state index in [2.05, 4.69) is 4.72 Å². The minimum Gasteiger partial charge on any atom is -0.477 e. The van der Waals surface area contributed by atoms with Gasteiger partial charge in [0.1, 0.15) is 4.88 Å². The second-order valence-electron chi connectivity index (χ2n) is 4.11. The SMILES string of the molecule is Cc1ccc(Cl)c(NS(=O)(=O)c2csc(C(=O)O)c2)c1Cl. The van der Waals surface area contributed by atoms with Crippen LogP contribution in [0.2, 0.25) is 10.0 Å². The van der Waals surface area contributed by atoms with Crippen LogP contribution in [0.5, 0.6) is 0 Å². The number of halogens is 2. The van der Waals surface area contributed by atoms with Crippen molar-refractivity contribution in [3.8, 4) is 0 Å². The fourth-order valence-corrected chi connectivity index (χ4v) is 4.30. The number of aryl methyl sites for hydroxylation is 1. The minimum atomic E-state index is -3.96. The monoisotopic (exact) mass is 365 g/mol. The van der Waals surface area contributed by atoms with Crippen molar-refractivity contribution in [1.82, 2.24) is 0 Å². The summed E-state index contributed by atoms with van der Waals surface area (Å²) in [5, 5.41) is 10.4. The molecule has 21 heavy (non-hydrogen) atoms. The van der Waals surface area contributed by atoms with Gasteiger partial charge in [-0.05, 0) is 24.6 Å². The van der Waals surface area contributed by atoms with Crippen LogP contribution in [0.1, 0.15) is 15.2 Å². The van der Waals surface area contributed by atoms with Gasteiger partial charge in [-0.2, -0.15) is 0 Å². The highest BCUT2D eigenvalue weighted by atomic mass is 35.5. The summed E-state index contributed by atoms with van der Waals surface area (Å²) in [6.45, 7) is 1.71. The van der Waals surface area contributed by atoms with Crippen molar-refractivity contribution >= 4 is 56.2 Å². The molecule has 2 aromatic rings. The van der Waals surface area contributed by atoms with E-state index >= 15 is 0 Å². The van der Waals surface area contributed by atoms with Gasteiger partial charge in [0.15, 0.2) is 0 Å². The van der Waals surface area contributed by atoms with Gasteiger partial charge in [0.2, 0.25) is 0 Å². The molecule has 0 aliphatic rings. The van der Waals surface area contributed by atoms with Crippen molar-refractivity contribution in [3.63, 3.8) is 0 Å². The highest BCUT2D eigenvalue weighted by Gasteiger charge is 2.21. The number of nitrogens with one attached hydrogen (secondary N) is 1. The van der Waals surface area contributed by atoms with E-state index in [0.717, 1.165) is 17.4 Å². The standard InChI is InChI=1S/C12H9Cl2NO4S2/c1-6-2-3-8(13)11(10(6)14)15-21(18,19)7-4-9(12(16)17)20-5-7/h2-5,15H,1H3,(H,16,17). The molecule has 0 saturated carbocycles. The fraction of sp³-hybridized carbons (Fsp3) is 0.0833. The van der Waals surface area contributed by atoms with Gasteiger partial charge in [0.05, 0.1) is 20.6 Å². The van der Waals surface area contributed by atoms with Crippen LogP contribution in [-0.4, -0.2) is 19.5 Å². The van der Waals surface area contributed by atoms with E-state index < -0.39 is 16.0 Å². The molecule has 0 bridgehead atoms. The third-order valence-corrected chi connectivity index (χ3v) is 5.82. The number of carboxylic acids is 1. The van der Waals surface area contributed by atoms with Gasteiger partial charge >= 0.3 is 5.97 Å². The summed E-state index contributed by atoms with van der Waals surface area (Å²) < 4.78 is 26.8. The van der Waals surface area contributed by atoms with Crippen molar-refractivity contribution in [2.75, 3.05) is 4.72 Å². The van der Waals surface area contributed by atoms with Crippen molar-refractivity contribution < 1.29 is 18.3 Å². The average Bonchev–Trinajstić information content (AvgIpc) is 2.90. The molecule has 2 rings (SSSR count). The number of hydrogen-bond acceptors (Lipinski definition) is 4. The van der Waals surface area contributed by atoms with Gasteiger partial charge in [0.25, 0.3) is 10.0 Å². The van der Waals surface area contributed by atoms with Gasteiger partial charge in [-0.1, -0.05) is 29.3 Å². The number of carboxylic acid groups (broad SMARTS) is 1. The zero-order valence-corrected chi connectivity index (χ0v) is 13.7. The van der Waals surface area contributed by atoms with Crippen molar-refractivity contribution in [2.24, 2.45) is 0 Å². The molecule has 2 N–H and O–H groups in total. The Morgan fingerprint density at radius 3 is 2.57 bits per heavy atom. The van der Waals surface area contributed by atoms with Gasteiger partial charge in [-0.3, -0.25) is 4.72 Å². The van der Waals surface area contributed by atoms with Crippen LogP contribution in [0, 0.1) is 6.92 Å². The van der Waals surface area contributed by atoms with Crippen LogP contribution in [0.4, 0.5) is 5.69 Å². The molecule has 1 aromatic heterocycles. The topological polar surface area (TPSA) is 83.5 Å². The molecule has 0 unspecified atom stereocenters. The highest BCUT2D eigenvalue weighted by Crippen LogP contribution is 2.34. The predicted octanol–water partition coefficient (Wildman–Crippen LogP) is 3.86. The van der Waals surface area contributed by atoms with E-state index in [1.807, 2.05) is 0 Å². The molecule has 1 aromatic carbocycles. The van der Waals surface area contributed by atoms with Crippen molar-refractivity contribution in [2.45, 2.75) is 11.8 Å². The van der Waals surface area contributed by atoms with Crippen LogP contribution in [-0.2, 0) is 10.0 Å². The Morgan fingerprint density at radius 1 is 1.33 bits per heavy atom. The molecule has 0 radical (unpaired) electrons. The molecule has 0 spiro atoms. The first kappa shape index (κ1) is 16.1. The summed E-state index contributed by atoms with van der Waals surface area (Å²) >= 11 is 12.8. The molecular formula is C12H9Cl2NO4S2. The van der Waals surface area contributed by atoms with Gasteiger partial charge in [-0.15, -0.1) is 11.3 Å². The van der Waals surface area contributed by atoms with Crippen LogP contribution >= 0.6 is 34.5 Å². The molecule has 0 aliphatic heterocycles. The van der Waals surface area contributed by atoms with Crippen LogP contribution in [0.3, 0.4) is 0 Å². The summed E-state index contributed by atoms with van der Waals surface area (Å²) in [7, 11) is -3.96. The number of thiophene rings is 1. The Morgan fingerprint density at radius 2 is 2.00 bits per heavy atom. The normalized spacial score (nSPS) is 11.4. The maximum atomic E-state index is 12.2. The van der Waals surface area contributed by atoms with E-state index in [0.29, 0.717) is 5.56 Å². The number of aromatic carboxylic acids is 1. The number of sulfonamides is 1. The number of rotatable bonds is 4. The Hall–Kier alpha value is -1.28. The quantitative estimate of drug-likeness (QED) is 0.861. The molecule has 0 saturated heterocycles. The zero-order valence-electron chi connectivity index (χ0n) is 10.6. The molecule has 112 valence electrons. The second-order valence-corrected chi connectivity index (χ2v) is 7.49. The third kappa shape index (κ3) is 3.32. The molecule has 0 fully saturated rings. The van der Waals surface area contributed by atoms with E-state index in [9.17, 15) is 13.2 Å².